The third kappa shape index (κ3) is 3.36. The molecule has 0 bridgehead atoms. The molecule has 0 aliphatic carbocycles. The molecule has 0 unspecified atom stereocenters. The lowest BCUT2D eigenvalue weighted by Gasteiger charge is -2.19. The monoisotopic (exact) mass is 353 g/mol. The van der Waals surface area contributed by atoms with E-state index in [0.29, 0.717) is 6.54 Å². The van der Waals surface area contributed by atoms with Crippen LogP contribution in [0, 0.1) is 0 Å². The standard InChI is InChI=1S/C19H19N3O2S/c23-25(24,18-12-15-6-4-5-9-19(15)20-13-18)21-16-10-11-22(14-16)17-7-2-1-3-8-17/h1-9,12-13,16,21H,10-11,14H2/t16-/m0/s1. The van der Waals surface area contributed by atoms with Crippen molar-refractivity contribution < 1.29 is 8.42 Å². The van der Waals surface area contributed by atoms with Crippen LogP contribution in [0.4, 0.5) is 5.69 Å². The summed E-state index contributed by atoms with van der Waals surface area (Å²) in [6, 6.07) is 19.1. The fourth-order valence-electron chi connectivity index (χ4n) is 3.22. The van der Waals surface area contributed by atoms with Crippen molar-refractivity contribution in [2.75, 3.05) is 18.0 Å². The summed E-state index contributed by atoms with van der Waals surface area (Å²) in [6.07, 6.45) is 2.21. The maximum absolute atomic E-state index is 12.7. The van der Waals surface area contributed by atoms with Gasteiger partial charge in [0.15, 0.2) is 0 Å². The van der Waals surface area contributed by atoms with E-state index in [-0.39, 0.29) is 10.9 Å². The Hall–Kier alpha value is -2.44. The van der Waals surface area contributed by atoms with E-state index in [4.69, 9.17) is 0 Å². The number of fused-ring (bicyclic) bond motifs is 1. The first kappa shape index (κ1) is 16.1. The molecule has 4 rings (SSSR count). The lowest BCUT2D eigenvalue weighted by molar-refractivity contribution is 0.561. The zero-order chi connectivity index (χ0) is 17.3. The highest BCUT2D eigenvalue weighted by molar-refractivity contribution is 7.89. The van der Waals surface area contributed by atoms with Crippen molar-refractivity contribution in [1.29, 1.82) is 0 Å². The predicted molar refractivity (Wildman–Crippen MR) is 99.1 cm³/mol. The molecule has 25 heavy (non-hydrogen) atoms. The van der Waals surface area contributed by atoms with Crippen molar-refractivity contribution in [2.24, 2.45) is 0 Å². The molecule has 128 valence electrons. The summed E-state index contributed by atoms with van der Waals surface area (Å²) in [5.74, 6) is 0. The van der Waals surface area contributed by atoms with Crippen molar-refractivity contribution in [3.63, 3.8) is 0 Å². The number of anilines is 1. The maximum atomic E-state index is 12.7. The molecule has 1 aromatic heterocycles. The molecule has 2 heterocycles. The third-order valence-corrected chi connectivity index (χ3v) is 5.99. The number of hydrogen-bond donors (Lipinski definition) is 1. The molecule has 5 nitrogen and oxygen atoms in total. The molecule has 6 heteroatoms. The normalized spacial score (nSPS) is 17.9. The first-order valence-electron chi connectivity index (χ1n) is 8.29. The van der Waals surface area contributed by atoms with Gasteiger partial charge in [-0.1, -0.05) is 36.4 Å². The summed E-state index contributed by atoms with van der Waals surface area (Å²) in [6.45, 7) is 1.51. The number of hydrogen-bond acceptors (Lipinski definition) is 4. The van der Waals surface area contributed by atoms with Gasteiger partial charge in [0.1, 0.15) is 4.90 Å². The summed E-state index contributed by atoms with van der Waals surface area (Å²) >= 11 is 0. The molecule has 0 saturated carbocycles. The van der Waals surface area contributed by atoms with Gasteiger partial charge in [0.25, 0.3) is 0 Å². The predicted octanol–water partition coefficient (Wildman–Crippen LogP) is 2.79. The zero-order valence-electron chi connectivity index (χ0n) is 13.7. The van der Waals surface area contributed by atoms with Gasteiger partial charge in [0, 0.05) is 36.4 Å². The number of pyridine rings is 1. The molecule has 3 aromatic rings. The molecule has 1 fully saturated rings. The van der Waals surface area contributed by atoms with E-state index < -0.39 is 10.0 Å². The van der Waals surface area contributed by atoms with Crippen molar-refractivity contribution in [3.05, 3.63) is 66.9 Å². The lowest BCUT2D eigenvalue weighted by atomic mass is 10.2. The van der Waals surface area contributed by atoms with Crippen LogP contribution in [0.5, 0.6) is 0 Å². The number of nitrogens with zero attached hydrogens (tertiary/aromatic N) is 2. The van der Waals surface area contributed by atoms with Crippen molar-refractivity contribution in [1.82, 2.24) is 9.71 Å². The second-order valence-corrected chi connectivity index (χ2v) is 7.97. The SMILES string of the molecule is O=S(=O)(N[C@H]1CCN(c2ccccc2)C1)c1cnc2ccccc2c1. The first-order chi connectivity index (χ1) is 12.1. The third-order valence-electron chi connectivity index (χ3n) is 4.51. The molecule has 0 radical (unpaired) electrons. The minimum Gasteiger partial charge on any atom is -0.370 e. The largest absolute Gasteiger partial charge is 0.370 e. The van der Waals surface area contributed by atoms with Gasteiger partial charge in [0.2, 0.25) is 10.0 Å². The van der Waals surface area contributed by atoms with E-state index >= 15 is 0 Å². The van der Waals surface area contributed by atoms with Gasteiger partial charge in [-0.05, 0) is 30.7 Å². The van der Waals surface area contributed by atoms with Crippen LogP contribution in [0.2, 0.25) is 0 Å². The van der Waals surface area contributed by atoms with Crippen molar-refractivity contribution in [3.8, 4) is 0 Å². The fraction of sp³-hybridized carbons (Fsp3) is 0.211. The van der Waals surface area contributed by atoms with Crippen LogP contribution >= 0.6 is 0 Å². The number of para-hydroxylation sites is 2. The Morgan fingerprint density at radius 1 is 1.04 bits per heavy atom. The van der Waals surface area contributed by atoms with Crippen LogP contribution in [0.15, 0.2) is 71.8 Å². The minimum atomic E-state index is -3.58. The Morgan fingerprint density at radius 3 is 2.64 bits per heavy atom. The molecular weight excluding hydrogens is 334 g/mol. The second kappa shape index (κ2) is 6.46. The van der Waals surface area contributed by atoms with Crippen LogP contribution in [0.1, 0.15) is 6.42 Å². The fourth-order valence-corrected chi connectivity index (χ4v) is 4.46. The Morgan fingerprint density at radius 2 is 1.80 bits per heavy atom. The molecule has 2 aromatic carbocycles. The molecule has 1 aliphatic heterocycles. The number of benzene rings is 2. The van der Waals surface area contributed by atoms with Crippen LogP contribution in [-0.4, -0.2) is 32.5 Å². The van der Waals surface area contributed by atoms with Gasteiger partial charge >= 0.3 is 0 Å². The number of sulfonamides is 1. The van der Waals surface area contributed by atoms with Crippen LogP contribution in [-0.2, 0) is 10.0 Å². The molecule has 1 atom stereocenters. The summed E-state index contributed by atoms with van der Waals surface area (Å²) in [5, 5.41) is 0.822. The van der Waals surface area contributed by atoms with Gasteiger partial charge in [-0.15, -0.1) is 0 Å². The van der Waals surface area contributed by atoms with E-state index in [1.807, 2.05) is 54.6 Å². The zero-order valence-corrected chi connectivity index (χ0v) is 14.5. The summed E-state index contributed by atoms with van der Waals surface area (Å²) in [4.78, 5) is 6.67. The van der Waals surface area contributed by atoms with E-state index in [1.165, 1.54) is 6.20 Å². The summed E-state index contributed by atoms with van der Waals surface area (Å²) < 4.78 is 28.2. The van der Waals surface area contributed by atoms with Gasteiger partial charge in [-0.3, -0.25) is 4.98 Å². The average molecular weight is 353 g/mol. The topological polar surface area (TPSA) is 62.3 Å². The van der Waals surface area contributed by atoms with E-state index in [2.05, 4.69) is 14.6 Å². The van der Waals surface area contributed by atoms with Gasteiger partial charge in [-0.25, -0.2) is 13.1 Å². The first-order valence-corrected chi connectivity index (χ1v) is 9.77. The Balaban J connectivity index is 1.51. The average Bonchev–Trinajstić information content (AvgIpc) is 3.10. The second-order valence-electron chi connectivity index (χ2n) is 6.25. The Bertz CT molecular complexity index is 990. The van der Waals surface area contributed by atoms with E-state index in [1.54, 1.807) is 6.07 Å². The van der Waals surface area contributed by atoms with Crippen molar-refractivity contribution in [2.45, 2.75) is 17.4 Å². The number of nitrogens with one attached hydrogen (secondary N) is 1. The molecule has 0 spiro atoms. The van der Waals surface area contributed by atoms with E-state index in [9.17, 15) is 8.42 Å². The van der Waals surface area contributed by atoms with Gasteiger partial charge in [-0.2, -0.15) is 0 Å². The van der Waals surface area contributed by atoms with Crippen molar-refractivity contribution >= 4 is 26.6 Å². The molecule has 1 aliphatic rings. The van der Waals surface area contributed by atoms with Gasteiger partial charge in [0.05, 0.1) is 5.52 Å². The van der Waals surface area contributed by atoms with Crippen LogP contribution < -0.4 is 9.62 Å². The summed E-state index contributed by atoms with van der Waals surface area (Å²) in [7, 11) is -3.58. The quantitative estimate of drug-likeness (QED) is 0.783. The highest BCUT2D eigenvalue weighted by Crippen LogP contribution is 2.22. The number of rotatable bonds is 4. The van der Waals surface area contributed by atoms with Crippen LogP contribution in [0.25, 0.3) is 10.9 Å². The maximum Gasteiger partial charge on any atom is 0.242 e. The molecule has 1 saturated heterocycles. The molecule has 1 N–H and O–H groups in total. The Labute approximate surface area is 147 Å². The smallest absolute Gasteiger partial charge is 0.242 e. The van der Waals surface area contributed by atoms with E-state index in [0.717, 1.165) is 29.6 Å². The highest BCUT2D eigenvalue weighted by atomic mass is 32.2. The summed E-state index contributed by atoms with van der Waals surface area (Å²) in [5.41, 5.74) is 1.91. The van der Waals surface area contributed by atoms with Gasteiger partial charge < -0.3 is 4.90 Å². The Kier molecular flexibility index (Phi) is 4.15. The molecule has 0 amide bonds. The highest BCUT2D eigenvalue weighted by Gasteiger charge is 2.27. The number of aromatic nitrogens is 1. The van der Waals surface area contributed by atoms with Crippen LogP contribution in [0.3, 0.4) is 0 Å². The molecular formula is C19H19N3O2S. The minimum absolute atomic E-state index is 0.100. The lowest BCUT2D eigenvalue weighted by Crippen LogP contribution is -2.37.